The van der Waals surface area contributed by atoms with E-state index >= 15 is 0 Å². The van der Waals surface area contributed by atoms with Crippen molar-refractivity contribution in [3.8, 4) is 5.75 Å². The van der Waals surface area contributed by atoms with Crippen LogP contribution < -0.4 is 4.74 Å². The first kappa shape index (κ1) is 18.2. The minimum atomic E-state index is -1.09. The van der Waals surface area contributed by atoms with Gasteiger partial charge in [-0.25, -0.2) is 0 Å². The molecule has 0 radical (unpaired) electrons. The zero-order valence-corrected chi connectivity index (χ0v) is 15.3. The Labute approximate surface area is 160 Å². The number of carboxylic acid groups (broad SMARTS) is 1. The lowest BCUT2D eigenvalue weighted by atomic mass is 10.2. The lowest BCUT2D eigenvalue weighted by molar-refractivity contribution is -0.140. The minimum Gasteiger partial charge on any atom is -0.489 e. The van der Waals surface area contributed by atoms with Crippen LogP contribution in [0.5, 0.6) is 5.75 Å². The van der Waals surface area contributed by atoms with Crippen LogP contribution in [0, 0.1) is 0 Å². The molecule has 7 heteroatoms. The van der Waals surface area contributed by atoms with Gasteiger partial charge in [0.25, 0.3) is 5.91 Å². The van der Waals surface area contributed by atoms with Gasteiger partial charge < -0.3 is 9.84 Å². The van der Waals surface area contributed by atoms with Crippen LogP contribution in [-0.2, 0) is 16.2 Å². The van der Waals surface area contributed by atoms with Gasteiger partial charge >= 0.3 is 5.97 Å². The fraction of sp³-hybridized carbons (Fsp3) is 0.105. The second-order valence-electron chi connectivity index (χ2n) is 5.50. The number of aliphatic carboxylic acids is 1. The number of hydrogen-bond acceptors (Lipinski definition) is 5. The SMILES string of the molecule is O=C(O)CN1C(=O)/C(=C/c2ccc(OCc3ccccc3)cc2)SC1=S. The van der Waals surface area contributed by atoms with E-state index in [0.717, 1.165) is 33.5 Å². The van der Waals surface area contributed by atoms with Crippen molar-refractivity contribution in [1.29, 1.82) is 0 Å². The highest BCUT2D eigenvalue weighted by Gasteiger charge is 2.33. The highest BCUT2D eigenvalue weighted by atomic mass is 32.2. The van der Waals surface area contributed by atoms with Gasteiger partial charge in [0.1, 0.15) is 23.2 Å². The number of carboxylic acids is 1. The molecule has 1 saturated heterocycles. The Kier molecular flexibility index (Phi) is 5.70. The van der Waals surface area contributed by atoms with Gasteiger partial charge in [-0.05, 0) is 29.3 Å². The van der Waals surface area contributed by atoms with E-state index in [1.165, 1.54) is 0 Å². The summed E-state index contributed by atoms with van der Waals surface area (Å²) in [5, 5.41) is 8.85. The van der Waals surface area contributed by atoms with E-state index in [1.54, 1.807) is 6.08 Å². The van der Waals surface area contributed by atoms with Crippen LogP contribution in [-0.4, -0.2) is 32.7 Å². The molecule has 132 valence electrons. The van der Waals surface area contributed by atoms with Gasteiger partial charge in [-0.2, -0.15) is 0 Å². The van der Waals surface area contributed by atoms with Gasteiger partial charge in [-0.1, -0.05) is 66.4 Å². The van der Waals surface area contributed by atoms with Crippen LogP contribution in [0.4, 0.5) is 0 Å². The lowest BCUT2D eigenvalue weighted by Gasteiger charge is -2.10. The zero-order chi connectivity index (χ0) is 18.5. The van der Waals surface area contributed by atoms with Gasteiger partial charge in [0.2, 0.25) is 0 Å². The maximum Gasteiger partial charge on any atom is 0.323 e. The molecule has 0 aromatic heterocycles. The molecule has 1 amide bonds. The molecule has 1 N–H and O–H groups in total. The molecule has 0 atom stereocenters. The predicted octanol–water partition coefficient (Wildman–Crippen LogP) is 3.55. The van der Waals surface area contributed by atoms with Crippen molar-refractivity contribution < 1.29 is 19.4 Å². The summed E-state index contributed by atoms with van der Waals surface area (Å²) < 4.78 is 5.98. The van der Waals surface area contributed by atoms with Crippen LogP contribution in [0.3, 0.4) is 0 Å². The third-order valence-corrected chi connectivity index (χ3v) is 4.97. The molecule has 0 saturated carbocycles. The topological polar surface area (TPSA) is 66.8 Å². The molecule has 2 aromatic rings. The van der Waals surface area contributed by atoms with Crippen molar-refractivity contribution in [3.63, 3.8) is 0 Å². The summed E-state index contributed by atoms with van der Waals surface area (Å²) in [6.45, 7) is 0.0578. The van der Waals surface area contributed by atoms with Crippen molar-refractivity contribution in [2.75, 3.05) is 6.54 Å². The second kappa shape index (κ2) is 8.16. The number of benzene rings is 2. The third-order valence-electron chi connectivity index (χ3n) is 3.59. The predicted molar refractivity (Wildman–Crippen MR) is 105 cm³/mol. The molecule has 5 nitrogen and oxygen atoms in total. The molecular formula is C19H15NO4S2. The summed E-state index contributed by atoms with van der Waals surface area (Å²) in [5.41, 5.74) is 1.89. The molecule has 1 fully saturated rings. The van der Waals surface area contributed by atoms with Crippen LogP contribution in [0.25, 0.3) is 6.08 Å². The number of ether oxygens (including phenoxy) is 1. The number of rotatable bonds is 6. The van der Waals surface area contributed by atoms with Crippen LogP contribution in [0.1, 0.15) is 11.1 Å². The Balaban J connectivity index is 1.65. The fourth-order valence-corrected chi connectivity index (χ4v) is 3.58. The first-order valence-electron chi connectivity index (χ1n) is 7.77. The van der Waals surface area contributed by atoms with E-state index < -0.39 is 12.5 Å². The monoisotopic (exact) mass is 385 g/mol. The Bertz CT molecular complexity index is 863. The lowest BCUT2D eigenvalue weighted by Crippen LogP contribution is -2.33. The molecule has 1 aliphatic heterocycles. The molecule has 3 rings (SSSR count). The Morgan fingerprint density at radius 3 is 2.50 bits per heavy atom. The summed E-state index contributed by atoms with van der Waals surface area (Å²) in [6.07, 6.45) is 1.70. The number of thioether (sulfide) groups is 1. The molecular weight excluding hydrogens is 370 g/mol. The average molecular weight is 385 g/mol. The van der Waals surface area contributed by atoms with Crippen LogP contribution in [0.2, 0.25) is 0 Å². The first-order valence-corrected chi connectivity index (χ1v) is 8.99. The van der Waals surface area contributed by atoms with E-state index in [9.17, 15) is 9.59 Å². The van der Waals surface area contributed by atoms with Gasteiger partial charge in [0, 0.05) is 0 Å². The summed E-state index contributed by atoms with van der Waals surface area (Å²) >= 11 is 6.18. The van der Waals surface area contributed by atoms with Crippen LogP contribution in [0.15, 0.2) is 59.5 Å². The van der Waals surface area contributed by atoms with E-state index in [4.69, 9.17) is 22.1 Å². The van der Waals surface area contributed by atoms with E-state index in [-0.39, 0.29) is 10.2 Å². The molecule has 0 spiro atoms. The normalized spacial score (nSPS) is 15.5. The fourth-order valence-electron chi connectivity index (χ4n) is 2.32. The molecule has 0 unspecified atom stereocenters. The van der Waals surface area contributed by atoms with E-state index in [1.807, 2.05) is 54.6 Å². The van der Waals surface area contributed by atoms with Gasteiger partial charge in [0.05, 0.1) is 4.91 Å². The quantitative estimate of drug-likeness (QED) is 0.606. The minimum absolute atomic E-state index is 0.256. The smallest absolute Gasteiger partial charge is 0.323 e. The summed E-state index contributed by atoms with van der Waals surface area (Å²) in [6, 6.07) is 17.2. The van der Waals surface area contributed by atoms with Gasteiger partial charge in [-0.3, -0.25) is 14.5 Å². The molecule has 0 aliphatic carbocycles. The zero-order valence-electron chi connectivity index (χ0n) is 13.6. The molecule has 2 aromatic carbocycles. The highest BCUT2D eigenvalue weighted by Crippen LogP contribution is 2.32. The molecule has 1 aliphatic rings. The van der Waals surface area contributed by atoms with Crippen molar-refractivity contribution in [2.24, 2.45) is 0 Å². The number of carbonyl (C=O) groups is 2. The largest absolute Gasteiger partial charge is 0.489 e. The number of carbonyl (C=O) groups excluding carboxylic acids is 1. The van der Waals surface area contributed by atoms with Crippen LogP contribution >= 0.6 is 24.0 Å². The molecule has 26 heavy (non-hydrogen) atoms. The van der Waals surface area contributed by atoms with Gasteiger partial charge in [0.15, 0.2) is 0 Å². The molecule has 0 bridgehead atoms. The standard InChI is InChI=1S/C19H15NO4S2/c21-17(22)11-20-18(23)16(26-19(20)25)10-13-6-8-15(9-7-13)24-12-14-4-2-1-3-5-14/h1-10H,11-12H2,(H,21,22)/b16-10-. The van der Waals surface area contributed by atoms with E-state index in [2.05, 4.69) is 0 Å². The van der Waals surface area contributed by atoms with Gasteiger partial charge in [-0.15, -0.1) is 0 Å². The average Bonchev–Trinajstić information content (AvgIpc) is 2.89. The number of amides is 1. The maximum absolute atomic E-state index is 12.2. The second-order valence-corrected chi connectivity index (χ2v) is 7.18. The summed E-state index contributed by atoms with van der Waals surface area (Å²) in [4.78, 5) is 24.6. The summed E-state index contributed by atoms with van der Waals surface area (Å²) in [5.74, 6) is -0.751. The number of nitrogens with zero attached hydrogens (tertiary/aromatic N) is 1. The highest BCUT2D eigenvalue weighted by molar-refractivity contribution is 8.26. The van der Waals surface area contributed by atoms with Crippen molar-refractivity contribution >= 4 is 46.3 Å². The van der Waals surface area contributed by atoms with Crippen molar-refractivity contribution in [3.05, 3.63) is 70.6 Å². The maximum atomic E-state index is 12.2. The summed E-state index contributed by atoms with van der Waals surface area (Å²) in [7, 11) is 0. The van der Waals surface area contributed by atoms with Crippen molar-refractivity contribution in [2.45, 2.75) is 6.61 Å². The Morgan fingerprint density at radius 1 is 1.15 bits per heavy atom. The number of thiocarbonyl (C=S) groups is 1. The van der Waals surface area contributed by atoms with Crippen molar-refractivity contribution in [1.82, 2.24) is 4.90 Å². The third kappa shape index (κ3) is 4.50. The van der Waals surface area contributed by atoms with E-state index in [0.29, 0.717) is 11.5 Å². The Hall–Kier alpha value is -2.64. The Morgan fingerprint density at radius 2 is 1.85 bits per heavy atom. The number of hydrogen-bond donors (Lipinski definition) is 1. The molecule has 1 heterocycles. The first-order chi connectivity index (χ1) is 12.5.